The van der Waals surface area contributed by atoms with Gasteiger partial charge in [0.15, 0.2) is 16.3 Å². The third-order valence-electron chi connectivity index (χ3n) is 4.27. The maximum atomic E-state index is 12.6. The number of nitrogens with zero attached hydrogens (tertiary/aromatic N) is 2. The van der Waals surface area contributed by atoms with Crippen LogP contribution in [0.1, 0.15) is 22.8 Å². The van der Waals surface area contributed by atoms with Crippen LogP contribution in [0.5, 0.6) is 11.5 Å². The standard InChI is InChI=1S/C19H18N2O3S/c1-3-12-4-6-14-17(10-12)25-19(21(14)2)20-18(22)13-5-7-15-16(11-13)24-9-8-23-15/h4-7,10-11H,3,8-9H2,1-2H3. The molecule has 4 rings (SSSR count). The normalized spacial score (nSPS) is 14.1. The Morgan fingerprint density at radius 3 is 2.76 bits per heavy atom. The van der Waals surface area contributed by atoms with Crippen molar-refractivity contribution in [1.82, 2.24) is 4.57 Å². The van der Waals surface area contributed by atoms with Crippen LogP contribution in [0.3, 0.4) is 0 Å². The summed E-state index contributed by atoms with van der Waals surface area (Å²) < 4.78 is 14.1. The molecule has 1 aliphatic rings. The van der Waals surface area contributed by atoms with E-state index in [4.69, 9.17) is 9.47 Å². The smallest absolute Gasteiger partial charge is 0.279 e. The summed E-state index contributed by atoms with van der Waals surface area (Å²) in [6, 6.07) is 11.5. The van der Waals surface area contributed by atoms with Crippen molar-refractivity contribution in [2.75, 3.05) is 13.2 Å². The Bertz CT molecular complexity index is 1030. The zero-order chi connectivity index (χ0) is 17.4. The van der Waals surface area contributed by atoms with Crippen LogP contribution < -0.4 is 14.3 Å². The number of ether oxygens (including phenoxy) is 2. The lowest BCUT2D eigenvalue weighted by atomic mass is 10.2. The van der Waals surface area contributed by atoms with Crippen LogP contribution in [0.2, 0.25) is 0 Å². The molecular weight excluding hydrogens is 336 g/mol. The first-order valence-corrected chi connectivity index (χ1v) is 9.04. The molecule has 1 aromatic heterocycles. The molecule has 25 heavy (non-hydrogen) atoms. The number of fused-ring (bicyclic) bond motifs is 2. The van der Waals surface area contributed by atoms with Crippen molar-refractivity contribution in [2.45, 2.75) is 13.3 Å². The van der Waals surface area contributed by atoms with Crippen LogP contribution in [-0.4, -0.2) is 23.7 Å². The monoisotopic (exact) mass is 354 g/mol. The van der Waals surface area contributed by atoms with Crippen LogP contribution in [0, 0.1) is 0 Å². The second-order valence-corrected chi connectivity index (χ2v) is 6.88. The highest BCUT2D eigenvalue weighted by Gasteiger charge is 2.15. The van der Waals surface area contributed by atoms with Crippen molar-refractivity contribution >= 4 is 27.5 Å². The van der Waals surface area contributed by atoms with E-state index in [0.29, 0.717) is 35.1 Å². The lowest BCUT2D eigenvalue weighted by Crippen LogP contribution is -2.16. The fourth-order valence-corrected chi connectivity index (χ4v) is 3.91. The van der Waals surface area contributed by atoms with Crippen molar-refractivity contribution in [3.63, 3.8) is 0 Å². The maximum absolute atomic E-state index is 12.6. The molecule has 0 saturated carbocycles. The molecule has 0 fully saturated rings. The lowest BCUT2D eigenvalue weighted by molar-refractivity contribution is 0.0996. The summed E-state index contributed by atoms with van der Waals surface area (Å²) in [5.41, 5.74) is 2.85. The lowest BCUT2D eigenvalue weighted by Gasteiger charge is -2.18. The highest BCUT2D eigenvalue weighted by molar-refractivity contribution is 7.16. The summed E-state index contributed by atoms with van der Waals surface area (Å²) in [7, 11) is 1.93. The Morgan fingerprint density at radius 1 is 1.16 bits per heavy atom. The fraction of sp³-hybridized carbons (Fsp3) is 0.263. The maximum Gasteiger partial charge on any atom is 0.279 e. The molecule has 5 nitrogen and oxygen atoms in total. The average molecular weight is 354 g/mol. The second kappa shape index (κ2) is 6.37. The van der Waals surface area contributed by atoms with E-state index in [9.17, 15) is 4.79 Å². The van der Waals surface area contributed by atoms with Gasteiger partial charge < -0.3 is 14.0 Å². The number of hydrogen-bond donors (Lipinski definition) is 0. The SMILES string of the molecule is CCc1ccc2c(c1)sc(=NC(=O)c1ccc3c(c1)OCCO3)n2C. The molecule has 0 spiro atoms. The number of rotatable bonds is 2. The molecule has 6 heteroatoms. The van der Waals surface area contributed by atoms with Gasteiger partial charge in [0.2, 0.25) is 0 Å². The van der Waals surface area contributed by atoms with Crippen molar-refractivity contribution in [3.8, 4) is 11.5 Å². The van der Waals surface area contributed by atoms with Crippen LogP contribution >= 0.6 is 11.3 Å². The van der Waals surface area contributed by atoms with Gasteiger partial charge in [0.1, 0.15) is 13.2 Å². The van der Waals surface area contributed by atoms with Gasteiger partial charge in [-0.15, -0.1) is 0 Å². The quantitative estimate of drug-likeness (QED) is 0.709. The molecule has 128 valence electrons. The number of aryl methyl sites for hydroxylation is 2. The van der Waals surface area contributed by atoms with E-state index in [1.54, 1.807) is 18.2 Å². The molecular formula is C19H18N2O3S. The summed E-state index contributed by atoms with van der Waals surface area (Å²) in [6.07, 6.45) is 0.986. The van der Waals surface area contributed by atoms with Crippen LogP contribution in [0.4, 0.5) is 0 Å². The van der Waals surface area contributed by atoms with E-state index in [-0.39, 0.29) is 5.91 Å². The molecule has 0 unspecified atom stereocenters. The van der Waals surface area contributed by atoms with E-state index in [0.717, 1.165) is 16.6 Å². The minimum Gasteiger partial charge on any atom is -0.486 e. The Kier molecular flexibility index (Phi) is 4.05. The second-order valence-electron chi connectivity index (χ2n) is 5.87. The molecule has 1 aliphatic heterocycles. The summed E-state index contributed by atoms with van der Waals surface area (Å²) in [5, 5.41) is 0. The van der Waals surface area contributed by atoms with Crippen molar-refractivity contribution < 1.29 is 14.3 Å². The first-order valence-electron chi connectivity index (χ1n) is 8.23. The van der Waals surface area contributed by atoms with Gasteiger partial charge in [-0.05, 0) is 42.3 Å². The molecule has 0 bridgehead atoms. The molecule has 1 amide bonds. The van der Waals surface area contributed by atoms with E-state index in [1.165, 1.54) is 16.9 Å². The molecule has 0 aliphatic carbocycles. The molecule has 0 radical (unpaired) electrons. The third kappa shape index (κ3) is 2.93. The van der Waals surface area contributed by atoms with E-state index < -0.39 is 0 Å². The number of aromatic nitrogens is 1. The number of carbonyl (C=O) groups excluding carboxylic acids is 1. The Morgan fingerprint density at radius 2 is 1.96 bits per heavy atom. The number of thiazole rings is 1. The van der Waals surface area contributed by atoms with Gasteiger partial charge in [0.25, 0.3) is 5.91 Å². The zero-order valence-corrected chi connectivity index (χ0v) is 14.9. The van der Waals surface area contributed by atoms with Crippen molar-refractivity contribution in [3.05, 3.63) is 52.3 Å². The third-order valence-corrected chi connectivity index (χ3v) is 5.36. The summed E-state index contributed by atoms with van der Waals surface area (Å²) in [4.78, 5) is 17.6. The number of benzene rings is 2. The molecule has 3 aromatic rings. The Balaban J connectivity index is 1.74. The van der Waals surface area contributed by atoms with Crippen LogP contribution in [0.25, 0.3) is 10.2 Å². The molecule has 2 heterocycles. The first-order chi connectivity index (χ1) is 12.2. The predicted molar refractivity (Wildman–Crippen MR) is 97.5 cm³/mol. The minimum absolute atomic E-state index is 0.283. The average Bonchev–Trinajstić information content (AvgIpc) is 2.96. The number of carbonyl (C=O) groups is 1. The van der Waals surface area contributed by atoms with Gasteiger partial charge >= 0.3 is 0 Å². The van der Waals surface area contributed by atoms with Gasteiger partial charge in [-0.25, -0.2) is 0 Å². The molecule has 2 aromatic carbocycles. The van der Waals surface area contributed by atoms with Crippen molar-refractivity contribution in [1.29, 1.82) is 0 Å². The van der Waals surface area contributed by atoms with E-state index in [2.05, 4.69) is 30.1 Å². The first kappa shape index (κ1) is 15.9. The summed E-state index contributed by atoms with van der Waals surface area (Å²) in [6.45, 7) is 3.15. The van der Waals surface area contributed by atoms with Gasteiger partial charge in [-0.1, -0.05) is 24.3 Å². The van der Waals surface area contributed by atoms with Gasteiger partial charge in [-0.2, -0.15) is 4.99 Å². The van der Waals surface area contributed by atoms with Gasteiger partial charge in [0, 0.05) is 12.6 Å². The van der Waals surface area contributed by atoms with E-state index >= 15 is 0 Å². The van der Waals surface area contributed by atoms with Crippen molar-refractivity contribution in [2.24, 2.45) is 12.0 Å². The predicted octanol–water partition coefficient (Wildman–Crippen LogP) is 3.31. The fourth-order valence-electron chi connectivity index (χ4n) is 2.83. The molecule has 0 atom stereocenters. The number of hydrogen-bond acceptors (Lipinski definition) is 4. The zero-order valence-electron chi connectivity index (χ0n) is 14.1. The van der Waals surface area contributed by atoms with E-state index in [1.807, 2.05) is 11.6 Å². The topological polar surface area (TPSA) is 52.8 Å². The van der Waals surface area contributed by atoms with Crippen LogP contribution in [-0.2, 0) is 13.5 Å². The highest BCUT2D eigenvalue weighted by atomic mass is 32.1. The largest absolute Gasteiger partial charge is 0.486 e. The molecule has 0 saturated heterocycles. The molecule has 0 N–H and O–H groups in total. The van der Waals surface area contributed by atoms with Crippen LogP contribution in [0.15, 0.2) is 41.4 Å². The summed E-state index contributed by atoms with van der Waals surface area (Å²) in [5.74, 6) is 0.984. The summed E-state index contributed by atoms with van der Waals surface area (Å²) >= 11 is 1.52. The van der Waals surface area contributed by atoms with Gasteiger partial charge in [0.05, 0.1) is 10.2 Å². The minimum atomic E-state index is -0.283. The van der Waals surface area contributed by atoms with Gasteiger partial charge in [-0.3, -0.25) is 4.79 Å². The Hall–Kier alpha value is -2.60. The highest BCUT2D eigenvalue weighted by Crippen LogP contribution is 2.31. The number of amides is 1. The Labute approximate surface area is 149 Å².